The molecule has 1 aromatic heterocycles. The number of hydrogen-bond acceptors (Lipinski definition) is 5. The number of thioether (sulfide) groups is 1. The van der Waals surface area contributed by atoms with Gasteiger partial charge in [0.15, 0.2) is 11.0 Å². The Hall–Kier alpha value is -1.90. The highest BCUT2D eigenvalue weighted by Gasteiger charge is 2.25. The molecule has 0 saturated carbocycles. The molecule has 2 saturated heterocycles. The first-order valence-electron chi connectivity index (χ1n) is 10.6. The number of nitrogens with zero attached hydrogens (tertiary/aromatic N) is 3. The van der Waals surface area contributed by atoms with Crippen molar-refractivity contribution in [1.29, 1.82) is 0 Å². The molecule has 2 aliphatic heterocycles. The Balaban J connectivity index is 1.46. The lowest BCUT2D eigenvalue weighted by Gasteiger charge is -2.16. The van der Waals surface area contributed by atoms with Crippen LogP contribution in [0.5, 0.6) is 0 Å². The highest BCUT2D eigenvalue weighted by atomic mass is 32.2. The maximum Gasteiger partial charge on any atom is 0.233 e. The van der Waals surface area contributed by atoms with Crippen molar-refractivity contribution in [2.24, 2.45) is 0 Å². The largest absolute Gasteiger partial charge is 0.376 e. The van der Waals surface area contributed by atoms with Gasteiger partial charge in [0.05, 0.1) is 24.4 Å². The second-order valence-corrected chi connectivity index (χ2v) is 9.15. The van der Waals surface area contributed by atoms with Crippen LogP contribution in [0.4, 0.5) is 0 Å². The zero-order chi connectivity index (χ0) is 20.1. The predicted molar refractivity (Wildman–Crippen MR) is 112 cm³/mol. The number of para-hydroxylation sites is 1. The summed E-state index contributed by atoms with van der Waals surface area (Å²) in [5.41, 5.74) is 1.04. The Morgan fingerprint density at radius 1 is 1.28 bits per heavy atom. The minimum atomic E-state index is -0.255. The maximum atomic E-state index is 12.6. The van der Waals surface area contributed by atoms with Crippen molar-refractivity contribution < 1.29 is 14.4 Å². The van der Waals surface area contributed by atoms with Gasteiger partial charge in [0.25, 0.3) is 0 Å². The van der Waals surface area contributed by atoms with Crippen LogP contribution in [0.25, 0.3) is 5.69 Å². The predicted octanol–water partition coefficient (Wildman–Crippen LogP) is 1.22. The summed E-state index contributed by atoms with van der Waals surface area (Å²) in [4.78, 5) is 14.1. The van der Waals surface area contributed by atoms with Gasteiger partial charge in [-0.05, 0) is 31.9 Å². The molecule has 0 radical (unpaired) electrons. The molecule has 1 amide bonds. The number of carbonyl (C=O) groups excluding carboxylic acids is 1. The van der Waals surface area contributed by atoms with Crippen LogP contribution in [0.2, 0.25) is 0 Å². The number of carbonyl (C=O) groups is 1. The minimum Gasteiger partial charge on any atom is -0.376 e. The summed E-state index contributed by atoms with van der Waals surface area (Å²) in [7, 11) is 0. The van der Waals surface area contributed by atoms with Crippen LogP contribution in [-0.4, -0.2) is 58.3 Å². The molecule has 0 unspecified atom stereocenters. The summed E-state index contributed by atoms with van der Waals surface area (Å²) in [6, 6.07) is 10.2. The lowest BCUT2D eigenvalue weighted by atomic mass is 10.2. The summed E-state index contributed by atoms with van der Waals surface area (Å²) in [6.07, 6.45) is 4.80. The third-order valence-corrected chi connectivity index (χ3v) is 6.66. The monoisotopic (exact) mass is 416 g/mol. The van der Waals surface area contributed by atoms with Crippen LogP contribution in [0, 0.1) is 0 Å². The standard InChI is InChI=1S/C21H29N5O2S/c1-16(20(27)22-14-18-10-7-13-28-18)29-21-24-23-19(15-25-11-5-6-12-25)26(21)17-8-3-2-4-9-17/h2-4,8-9,16,18H,5-7,10-15H2,1H3,(H,22,27)/p+1/t16-,18-/m1/s1. The van der Waals surface area contributed by atoms with E-state index in [1.807, 2.05) is 25.1 Å². The van der Waals surface area contributed by atoms with Crippen LogP contribution in [-0.2, 0) is 16.1 Å². The Bertz CT molecular complexity index is 801. The van der Waals surface area contributed by atoms with Gasteiger partial charge in [0.2, 0.25) is 5.91 Å². The van der Waals surface area contributed by atoms with E-state index >= 15 is 0 Å². The lowest BCUT2D eigenvalue weighted by Crippen LogP contribution is -3.08. The molecular formula is C21H30N5O2S+. The number of ether oxygens (including phenoxy) is 1. The third-order valence-electron chi connectivity index (χ3n) is 5.61. The molecule has 2 N–H and O–H groups in total. The second-order valence-electron chi connectivity index (χ2n) is 7.84. The maximum absolute atomic E-state index is 12.6. The molecule has 2 aliphatic rings. The summed E-state index contributed by atoms with van der Waals surface area (Å²) in [5, 5.41) is 12.5. The Kier molecular flexibility index (Phi) is 6.84. The zero-order valence-electron chi connectivity index (χ0n) is 17.0. The van der Waals surface area contributed by atoms with E-state index in [1.165, 1.54) is 37.7 Å². The summed E-state index contributed by atoms with van der Waals surface area (Å²) in [5.74, 6) is 0.974. The van der Waals surface area contributed by atoms with Crippen molar-refractivity contribution in [3.63, 3.8) is 0 Å². The molecule has 0 aliphatic carbocycles. The second kappa shape index (κ2) is 9.73. The molecule has 2 aromatic rings. The third kappa shape index (κ3) is 5.18. The minimum absolute atomic E-state index is 0.0137. The van der Waals surface area contributed by atoms with Crippen molar-refractivity contribution in [2.45, 2.75) is 55.7 Å². The number of aromatic nitrogens is 3. The van der Waals surface area contributed by atoms with Crippen molar-refractivity contribution in [3.8, 4) is 5.69 Å². The molecule has 4 rings (SSSR count). The smallest absolute Gasteiger partial charge is 0.233 e. The SMILES string of the molecule is C[C@@H](Sc1nnc(C[NH+]2CCCC2)n1-c1ccccc1)C(=O)NC[C@H]1CCCO1. The molecule has 156 valence electrons. The number of benzene rings is 1. The van der Waals surface area contributed by atoms with Gasteiger partial charge in [-0.2, -0.15) is 0 Å². The molecule has 2 atom stereocenters. The number of hydrogen-bond donors (Lipinski definition) is 2. The lowest BCUT2D eigenvalue weighted by molar-refractivity contribution is -0.902. The molecule has 3 heterocycles. The van der Waals surface area contributed by atoms with E-state index in [9.17, 15) is 4.79 Å². The average molecular weight is 417 g/mol. The van der Waals surface area contributed by atoms with E-state index in [1.54, 1.807) is 4.90 Å². The average Bonchev–Trinajstić information content (AvgIpc) is 3.50. The Morgan fingerprint density at radius 2 is 2.07 bits per heavy atom. The van der Waals surface area contributed by atoms with Gasteiger partial charge >= 0.3 is 0 Å². The quantitative estimate of drug-likeness (QED) is 0.633. The van der Waals surface area contributed by atoms with Crippen LogP contribution in [0.3, 0.4) is 0 Å². The van der Waals surface area contributed by atoms with Gasteiger partial charge < -0.3 is 15.0 Å². The van der Waals surface area contributed by atoms with Crippen molar-refractivity contribution >= 4 is 17.7 Å². The van der Waals surface area contributed by atoms with E-state index in [2.05, 4.69) is 32.2 Å². The topological polar surface area (TPSA) is 73.5 Å². The summed E-state index contributed by atoms with van der Waals surface area (Å²) < 4.78 is 7.71. The number of amides is 1. The van der Waals surface area contributed by atoms with Gasteiger partial charge in [-0.3, -0.25) is 9.36 Å². The van der Waals surface area contributed by atoms with E-state index in [0.717, 1.165) is 42.7 Å². The molecule has 8 heteroatoms. The fourth-order valence-electron chi connectivity index (χ4n) is 3.98. The van der Waals surface area contributed by atoms with E-state index in [-0.39, 0.29) is 17.3 Å². The van der Waals surface area contributed by atoms with Gasteiger partial charge in [-0.1, -0.05) is 30.0 Å². The fourth-order valence-corrected chi connectivity index (χ4v) is 4.89. The zero-order valence-corrected chi connectivity index (χ0v) is 17.8. The number of nitrogens with one attached hydrogen (secondary N) is 2. The Morgan fingerprint density at radius 3 is 2.79 bits per heavy atom. The normalized spacial score (nSPS) is 20.8. The van der Waals surface area contributed by atoms with Gasteiger partial charge in [0, 0.05) is 31.7 Å². The first-order chi connectivity index (χ1) is 14.2. The van der Waals surface area contributed by atoms with E-state index in [0.29, 0.717) is 6.54 Å². The highest BCUT2D eigenvalue weighted by Crippen LogP contribution is 2.26. The first-order valence-corrected chi connectivity index (χ1v) is 11.5. The number of likely N-dealkylation sites (tertiary alicyclic amines) is 1. The van der Waals surface area contributed by atoms with E-state index < -0.39 is 0 Å². The van der Waals surface area contributed by atoms with Gasteiger partial charge in [-0.25, -0.2) is 0 Å². The summed E-state index contributed by atoms with van der Waals surface area (Å²) >= 11 is 1.46. The van der Waals surface area contributed by atoms with Crippen LogP contribution < -0.4 is 10.2 Å². The van der Waals surface area contributed by atoms with Crippen LogP contribution >= 0.6 is 11.8 Å². The van der Waals surface area contributed by atoms with Crippen LogP contribution in [0.15, 0.2) is 35.5 Å². The molecule has 1 aromatic carbocycles. The van der Waals surface area contributed by atoms with Crippen molar-refractivity contribution in [2.75, 3.05) is 26.2 Å². The molecule has 0 bridgehead atoms. The summed E-state index contributed by atoms with van der Waals surface area (Å²) in [6.45, 7) is 6.54. The van der Waals surface area contributed by atoms with Gasteiger partial charge in [-0.15, -0.1) is 10.2 Å². The number of rotatable bonds is 8. The van der Waals surface area contributed by atoms with Gasteiger partial charge in [0.1, 0.15) is 6.54 Å². The molecular weight excluding hydrogens is 386 g/mol. The fraction of sp³-hybridized carbons (Fsp3) is 0.571. The molecule has 2 fully saturated rings. The molecule has 7 nitrogen and oxygen atoms in total. The van der Waals surface area contributed by atoms with Crippen molar-refractivity contribution in [1.82, 2.24) is 20.1 Å². The molecule has 0 spiro atoms. The highest BCUT2D eigenvalue weighted by molar-refractivity contribution is 8.00. The van der Waals surface area contributed by atoms with Crippen LogP contribution in [0.1, 0.15) is 38.4 Å². The first kappa shape index (κ1) is 20.4. The Labute approximate surface area is 176 Å². The van der Waals surface area contributed by atoms with Crippen molar-refractivity contribution in [3.05, 3.63) is 36.2 Å². The van der Waals surface area contributed by atoms with E-state index in [4.69, 9.17) is 4.74 Å². The number of quaternary nitrogens is 1. The molecule has 29 heavy (non-hydrogen) atoms.